The minimum atomic E-state index is -4.47. The molecule has 0 saturated heterocycles. The molecule has 8 heteroatoms. The molecule has 0 atom stereocenters. The number of aromatic nitrogens is 3. The van der Waals surface area contributed by atoms with E-state index in [1.54, 1.807) is 18.5 Å². The third-order valence-electron chi connectivity index (χ3n) is 2.93. The van der Waals surface area contributed by atoms with Gasteiger partial charge in [0, 0.05) is 7.05 Å². The highest BCUT2D eigenvalue weighted by atomic mass is 35.5. The second-order valence-corrected chi connectivity index (χ2v) is 4.64. The first kappa shape index (κ1) is 14.6. The van der Waals surface area contributed by atoms with Crippen molar-refractivity contribution in [1.82, 2.24) is 14.8 Å². The molecule has 0 aliphatic heterocycles. The lowest BCUT2D eigenvalue weighted by molar-refractivity contribution is -0.136. The van der Waals surface area contributed by atoms with Crippen LogP contribution in [-0.4, -0.2) is 14.8 Å². The van der Waals surface area contributed by atoms with Crippen molar-refractivity contribution in [3.63, 3.8) is 0 Å². The lowest BCUT2D eigenvalue weighted by atomic mass is 10.1. The summed E-state index contributed by atoms with van der Waals surface area (Å²) in [5.74, 6) is 1.20. The Morgan fingerprint density at radius 3 is 2.55 bits per heavy atom. The van der Waals surface area contributed by atoms with Gasteiger partial charge in [-0.2, -0.15) is 13.2 Å². The Morgan fingerprint density at radius 1 is 1.30 bits per heavy atom. The number of anilines is 1. The highest BCUT2D eigenvalue weighted by molar-refractivity contribution is 6.33. The van der Waals surface area contributed by atoms with Gasteiger partial charge in [-0.3, -0.25) is 0 Å². The highest BCUT2D eigenvalue weighted by Gasteiger charge is 2.34. The van der Waals surface area contributed by atoms with E-state index in [4.69, 9.17) is 11.6 Å². The molecule has 0 aliphatic carbocycles. The van der Waals surface area contributed by atoms with Crippen LogP contribution in [0.2, 0.25) is 5.02 Å². The maximum Gasteiger partial charge on any atom is 0.418 e. The molecule has 0 aliphatic rings. The Morgan fingerprint density at radius 2 is 2.00 bits per heavy atom. The molecule has 20 heavy (non-hydrogen) atoms. The average Bonchev–Trinajstić information content (AvgIpc) is 2.67. The van der Waals surface area contributed by atoms with E-state index in [-0.39, 0.29) is 17.3 Å². The van der Waals surface area contributed by atoms with Crippen molar-refractivity contribution in [2.24, 2.45) is 7.05 Å². The van der Waals surface area contributed by atoms with Gasteiger partial charge in [0.25, 0.3) is 0 Å². The van der Waals surface area contributed by atoms with Crippen LogP contribution in [0.5, 0.6) is 0 Å². The molecule has 0 spiro atoms. The Kier molecular flexibility index (Phi) is 3.89. The molecule has 1 aromatic carbocycles. The van der Waals surface area contributed by atoms with Crippen LogP contribution >= 0.6 is 11.6 Å². The average molecular weight is 305 g/mol. The third-order valence-corrected chi connectivity index (χ3v) is 3.24. The fourth-order valence-electron chi connectivity index (χ4n) is 1.71. The SMILES string of the molecule is Cc1nnc(CNc2c(Cl)cccc2C(F)(F)F)n1C. The summed E-state index contributed by atoms with van der Waals surface area (Å²) in [5, 5.41) is 10.4. The molecule has 2 rings (SSSR count). The molecule has 0 amide bonds. The van der Waals surface area contributed by atoms with Crippen molar-refractivity contribution in [2.45, 2.75) is 19.6 Å². The van der Waals surface area contributed by atoms with Crippen LogP contribution < -0.4 is 5.32 Å². The van der Waals surface area contributed by atoms with Crippen molar-refractivity contribution < 1.29 is 13.2 Å². The summed E-state index contributed by atoms with van der Waals surface area (Å²) < 4.78 is 40.4. The lowest BCUT2D eigenvalue weighted by Gasteiger charge is -2.15. The monoisotopic (exact) mass is 304 g/mol. The minimum Gasteiger partial charge on any atom is -0.376 e. The van der Waals surface area contributed by atoms with Gasteiger partial charge in [0.2, 0.25) is 0 Å². The van der Waals surface area contributed by atoms with Crippen molar-refractivity contribution in [1.29, 1.82) is 0 Å². The number of aryl methyl sites for hydroxylation is 1. The summed E-state index contributed by atoms with van der Waals surface area (Å²) >= 11 is 5.84. The summed E-state index contributed by atoms with van der Waals surface area (Å²) in [7, 11) is 1.74. The second-order valence-electron chi connectivity index (χ2n) is 4.24. The zero-order valence-electron chi connectivity index (χ0n) is 10.8. The van der Waals surface area contributed by atoms with Crippen molar-refractivity contribution in [2.75, 3.05) is 5.32 Å². The molecule has 0 bridgehead atoms. The molecule has 1 heterocycles. The normalized spacial score (nSPS) is 11.7. The topological polar surface area (TPSA) is 42.7 Å². The van der Waals surface area contributed by atoms with E-state index in [0.717, 1.165) is 6.07 Å². The molecule has 108 valence electrons. The van der Waals surface area contributed by atoms with Crippen molar-refractivity contribution in [3.05, 3.63) is 40.4 Å². The zero-order valence-corrected chi connectivity index (χ0v) is 11.5. The molecule has 0 saturated carbocycles. The number of nitrogens with one attached hydrogen (secondary N) is 1. The number of rotatable bonds is 3. The van der Waals surface area contributed by atoms with Gasteiger partial charge in [-0.25, -0.2) is 0 Å². The van der Waals surface area contributed by atoms with Gasteiger partial charge in [-0.1, -0.05) is 17.7 Å². The Balaban J connectivity index is 2.28. The first-order valence-corrected chi connectivity index (χ1v) is 6.13. The van der Waals surface area contributed by atoms with Crippen LogP contribution in [0.25, 0.3) is 0 Å². The van der Waals surface area contributed by atoms with E-state index in [1.807, 2.05) is 0 Å². The number of halogens is 4. The number of nitrogens with zero attached hydrogens (tertiary/aromatic N) is 3. The Bertz CT molecular complexity index is 622. The quantitative estimate of drug-likeness (QED) is 0.945. The first-order chi connectivity index (χ1) is 9.30. The number of hydrogen-bond donors (Lipinski definition) is 1. The van der Waals surface area contributed by atoms with Crippen LogP contribution in [0.15, 0.2) is 18.2 Å². The second kappa shape index (κ2) is 5.32. The molecule has 0 radical (unpaired) electrons. The van der Waals surface area contributed by atoms with E-state index in [2.05, 4.69) is 15.5 Å². The molecule has 1 aromatic heterocycles. The number of alkyl halides is 3. The maximum atomic E-state index is 12.9. The van der Waals surface area contributed by atoms with E-state index in [0.29, 0.717) is 11.6 Å². The molecule has 0 fully saturated rings. The Hall–Kier alpha value is -1.76. The summed E-state index contributed by atoms with van der Waals surface area (Å²) in [6.07, 6.45) is -4.47. The van der Waals surface area contributed by atoms with Crippen molar-refractivity contribution >= 4 is 17.3 Å². The molecular formula is C12H12ClF3N4. The largest absolute Gasteiger partial charge is 0.418 e. The fraction of sp³-hybridized carbons (Fsp3) is 0.333. The van der Waals surface area contributed by atoms with E-state index >= 15 is 0 Å². The standard InChI is InChI=1S/C12H12ClF3N4/c1-7-18-19-10(20(7)2)6-17-11-8(12(14,15)16)4-3-5-9(11)13/h3-5,17H,6H2,1-2H3. The number of benzene rings is 1. The number of hydrogen-bond acceptors (Lipinski definition) is 3. The van der Waals surface area contributed by atoms with Gasteiger partial charge in [-0.05, 0) is 19.1 Å². The minimum absolute atomic E-state index is 0.0127. The first-order valence-electron chi connectivity index (χ1n) is 5.75. The fourth-order valence-corrected chi connectivity index (χ4v) is 1.95. The molecular weight excluding hydrogens is 293 g/mol. The van der Waals surface area contributed by atoms with Crippen LogP contribution in [0, 0.1) is 6.92 Å². The predicted molar refractivity (Wildman–Crippen MR) is 69.5 cm³/mol. The summed E-state index contributed by atoms with van der Waals surface area (Å²) in [5.41, 5.74) is -0.953. The van der Waals surface area contributed by atoms with Crippen LogP contribution in [0.1, 0.15) is 17.2 Å². The van der Waals surface area contributed by atoms with Gasteiger partial charge in [0.05, 0.1) is 22.8 Å². The van der Waals surface area contributed by atoms with E-state index < -0.39 is 11.7 Å². The lowest BCUT2D eigenvalue weighted by Crippen LogP contribution is -2.13. The maximum absolute atomic E-state index is 12.9. The van der Waals surface area contributed by atoms with Crippen LogP contribution in [-0.2, 0) is 19.8 Å². The molecule has 1 N–H and O–H groups in total. The molecule has 2 aromatic rings. The third kappa shape index (κ3) is 2.87. The predicted octanol–water partition coefficient (Wildman–Crippen LogP) is 3.41. The molecule has 4 nitrogen and oxygen atoms in total. The summed E-state index contributed by atoms with van der Waals surface area (Å²) in [6, 6.07) is 3.65. The van der Waals surface area contributed by atoms with Crippen molar-refractivity contribution in [3.8, 4) is 0 Å². The van der Waals surface area contributed by atoms with Gasteiger partial charge in [-0.15, -0.1) is 10.2 Å². The summed E-state index contributed by atoms with van der Waals surface area (Å²) in [4.78, 5) is 0. The number of para-hydroxylation sites is 1. The Labute approximate surface area is 118 Å². The van der Waals surface area contributed by atoms with Gasteiger partial charge >= 0.3 is 6.18 Å². The summed E-state index contributed by atoms with van der Waals surface area (Å²) in [6.45, 7) is 1.86. The van der Waals surface area contributed by atoms with Crippen LogP contribution in [0.4, 0.5) is 18.9 Å². The zero-order chi connectivity index (χ0) is 14.9. The highest BCUT2D eigenvalue weighted by Crippen LogP contribution is 2.38. The van der Waals surface area contributed by atoms with Gasteiger partial charge < -0.3 is 9.88 Å². The smallest absolute Gasteiger partial charge is 0.376 e. The van der Waals surface area contributed by atoms with E-state index in [1.165, 1.54) is 12.1 Å². The van der Waals surface area contributed by atoms with E-state index in [9.17, 15) is 13.2 Å². The molecule has 0 unspecified atom stereocenters. The van der Waals surface area contributed by atoms with Gasteiger partial charge in [0.15, 0.2) is 5.82 Å². The van der Waals surface area contributed by atoms with Gasteiger partial charge in [0.1, 0.15) is 5.82 Å². The van der Waals surface area contributed by atoms with Crippen LogP contribution in [0.3, 0.4) is 0 Å².